The summed E-state index contributed by atoms with van der Waals surface area (Å²) in [6.45, 7) is 3.70. The first-order chi connectivity index (χ1) is 14.9. The van der Waals surface area contributed by atoms with Gasteiger partial charge in [0.2, 0.25) is 0 Å². The quantitative estimate of drug-likeness (QED) is 0.510. The summed E-state index contributed by atoms with van der Waals surface area (Å²) >= 11 is 0. The van der Waals surface area contributed by atoms with Gasteiger partial charge in [0.15, 0.2) is 6.61 Å². The van der Waals surface area contributed by atoms with Crippen LogP contribution in [0.2, 0.25) is 0 Å². The average molecular weight is 420 g/mol. The number of anilines is 1. The minimum atomic E-state index is -0.535. The fourth-order valence-corrected chi connectivity index (χ4v) is 3.42. The maximum Gasteiger partial charge on any atom is 0.310 e. The number of nitriles is 1. The van der Waals surface area contributed by atoms with Crippen LogP contribution in [0.3, 0.4) is 0 Å². The fourth-order valence-electron chi connectivity index (χ4n) is 3.42. The van der Waals surface area contributed by atoms with Crippen LogP contribution < -0.4 is 9.64 Å². The summed E-state index contributed by atoms with van der Waals surface area (Å²) in [6, 6.07) is 13.1. The lowest BCUT2D eigenvalue weighted by Gasteiger charge is -2.22. The lowest BCUT2D eigenvalue weighted by molar-refractivity contribution is -0.147. The third kappa shape index (κ3) is 5.43. The Kier molecular flexibility index (Phi) is 6.93. The molecule has 160 valence electrons. The summed E-state index contributed by atoms with van der Waals surface area (Å²) in [7, 11) is 1.57. The Morgan fingerprint density at radius 1 is 1.13 bits per heavy atom. The molecule has 0 bridgehead atoms. The highest BCUT2D eigenvalue weighted by molar-refractivity contribution is 5.95. The average Bonchev–Trinajstić information content (AvgIpc) is 3.13. The lowest BCUT2D eigenvalue weighted by Crippen LogP contribution is -2.35. The summed E-state index contributed by atoms with van der Waals surface area (Å²) in [5.41, 5.74) is 3.97. The van der Waals surface area contributed by atoms with Crippen LogP contribution in [0, 0.1) is 25.2 Å². The Morgan fingerprint density at radius 2 is 1.87 bits per heavy atom. The van der Waals surface area contributed by atoms with Gasteiger partial charge in [0, 0.05) is 29.2 Å². The number of benzene rings is 2. The molecule has 0 aliphatic carbocycles. The molecule has 1 heterocycles. The Hall–Kier alpha value is -3.79. The molecule has 0 fully saturated rings. The van der Waals surface area contributed by atoms with Gasteiger partial charge in [0.25, 0.3) is 5.91 Å². The van der Waals surface area contributed by atoms with Gasteiger partial charge in [-0.3, -0.25) is 9.59 Å². The number of methoxy groups -OCH3 is 1. The van der Waals surface area contributed by atoms with Gasteiger partial charge < -0.3 is 18.8 Å². The van der Waals surface area contributed by atoms with E-state index in [1.54, 1.807) is 19.2 Å². The van der Waals surface area contributed by atoms with Crippen molar-refractivity contribution in [2.24, 2.45) is 0 Å². The second-order valence-electron chi connectivity index (χ2n) is 7.26. The smallest absolute Gasteiger partial charge is 0.310 e. The van der Waals surface area contributed by atoms with Crippen LogP contribution in [0.1, 0.15) is 23.1 Å². The van der Waals surface area contributed by atoms with Crippen molar-refractivity contribution in [1.29, 1.82) is 5.26 Å². The van der Waals surface area contributed by atoms with E-state index in [0.29, 0.717) is 22.6 Å². The van der Waals surface area contributed by atoms with E-state index in [4.69, 9.17) is 19.2 Å². The van der Waals surface area contributed by atoms with Gasteiger partial charge in [-0.15, -0.1) is 0 Å². The van der Waals surface area contributed by atoms with E-state index < -0.39 is 12.6 Å². The summed E-state index contributed by atoms with van der Waals surface area (Å²) in [5.74, 6) is -0.256. The number of amides is 1. The Morgan fingerprint density at radius 3 is 2.55 bits per heavy atom. The molecule has 0 saturated heterocycles. The summed E-state index contributed by atoms with van der Waals surface area (Å²) in [4.78, 5) is 26.6. The van der Waals surface area contributed by atoms with Crippen molar-refractivity contribution in [3.63, 3.8) is 0 Å². The largest absolute Gasteiger partial charge is 0.497 e. The Labute approximate surface area is 180 Å². The van der Waals surface area contributed by atoms with Crippen LogP contribution in [-0.2, 0) is 20.7 Å². The number of furan rings is 1. The molecular formula is C24H24N2O5. The Balaban J connectivity index is 1.66. The molecule has 3 aromatic rings. The number of ether oxygens (including phenoxy) is 2. The topological polar surface area (TPSA) is 92.8 Å². The number of carbonyl (C=O) groups excluding carboxylic acids is 2. The molecule has 0 N–H and O–H groups in total. The number of fused-ring (bicyclic) bond motifs is 1. The molecule has 3 rings (SSSR count). The van der Waals surface area contributed by atoms with E-state index in [1.165, 1.54) is 11.2 Å². The van der Waals surface area contributed by atoms with E-state index in [1.807, 2.05) is 38.1 Å². The molecule has 0 atom stereocenters. The van der Waals surface area contributed by atoms with Gasteiger partial charge in [0.05, 0.1) is 32.3 Å². The molecule has 7 heteroatoms. The SMILES string of the molecule is COc1ccc2c(CC(=O)OCC(=O)N(CCC#N)c3cc(C)cc(C)c3)coc2c1. The zero-order valence-corrected chi connectivity index (χ0v) is 17.8. The molecule has 1 aromatic heterocycles. The molecular weight excluding hydrogens is 396 g/mol. The van der Waals surface area contributed by atoms with Crippen LogP contribution >= 0.6 is 0 Å². The fraction of sp³-hybridized carbons (Fsp3) is 0.292. The first-order valence-corrected chi connectivity index (χ1v) is 9.86. The summed E-state index contributed by atoms with van der Waals surface area (Å²) in [6.07, 6.45) is 1.66. The number of carbonyl (C=O) groups is 2. The predicted octanol–water partition coefficient (Wildman–Crippen LogP) is 4.09. The number of hydrogen-bond acceptors (Lipinski definition) is 6. The van der Waals surface area contributed by atoms with Gasteiger partial charge in [-0.05, 0) is 49.2 Å². The number of rotatable bonds is 8. The van der Waals surface area contributed by atoms with Crippen molar-refractivity contribution in [2.45, 2.75) is 26.7 Å². The molecule has 0 spiro atoms. The minimum Gasteiger partial charge on any atom is -0.497 e. The van der Waals surface area contributed by atoms with Crippen LogP contribution in [0.15, 0.2) is 47.1 Å². The molecule has 0 aliphatic rings. The van der Waals surface area contributed by atoms with Gasteiger partial charge in [0.1, 0.15) is 11.3 Å². The highest BCUT2D eigenvalue weighted by atomic mass is 16.5. The molecule has 0 aliphatic heterocycles. The zero-order valence-electron chi connectivity index (χ0n) is 17.8. The number of esters is 1. The molecule has 0 unspecified atom stereocenters. The first-order valence-electron chi connectivity index (χ1n) is 9.86. The van der Waals surface area contributed by atoms with Gasteiger partial charge in [-0.25, -0.2) is 0 Å². The van der Waals surface area contributed by atoms with Crippen molar-refractivity contribution in [1.82, 2.24) is 0 Å². The van der Waals surface area contributed by atoms with E-state index >= 15 is 0 Å². The summed E-state index contributed by atoms with van der Waals surface area (Å²) in [5, 5.41) is 9.73. The number of nitrogens with zero attached hydrogens (tertiary/aromatic N) is 2. The van der Waals surface area contributed by atoms with Crippen LogP contribution in [0.4, 0.5) is 5.69 Å². The molecule has 7 nitrogen and oxygen atoms in total. The highest BCUT2D eigenvalue weighted by Gasteiger charge is 2.19. The maximum absolute atomic E-state index is 12.8. The maximum atomic E-state index is 12.8. The summed E-state index contributed by atoms with van der Waals surface area (Å²) < 4.78 is 15.9. The van der Waals surface area contributed by atoms with E-state index in [0.717, 1.165) is 16.5 Å². The Bertz CT molecular complexity index is 1120. The number of aryl methyl sites for hydroxylation is 2. The second-order valence-corrected chi connectivity index (χ2v) is 7.26. The molecule has 2 aromatic carbocycles. The lowest BCUT2D eigenvalue weighted by atomic mass is 10.1. The first kappa shape index (κ1) is 21.9. The molecule has 0 radical (unpaired) electrons. The van der Waals surface area contributed by atoms with E-state index in [-0.39, 0.29) is 25.3 Å². The standard InChI is InChI=1S/C24H24N2O5/c1-16-9-17(2)11-19(10-16)26(8-4-7-25)23(27)15-31-24(28)12-18-14-30-22-13-20(29-3)5-6-21(18)22/h5-6,9-11,13-14H,4,8,12,15H2,1-3H3. The van der Waals surface area contributed by atoms with Gasteiger partial charge in [-0.2, -0.15) is 5.26 Å². The molecule has 1 amide bonds. The minimum absolute atomic E-state index is 0.0195. The molecule has 0 saturated carbocycles. The normalized spacial score (nSPS) is 10.5. The van der Waals surface area contributed by atoms with Gasteiger partial charge in [-0.1, -0.05) is 6.07 Å². The van der Waals surface area contributed by atoms with E-state index in [2.05, 4.69) is 6.07 Å². The van der Waals surface area contributed by atoms with Crippen molar-refractivity contribution in [3.8, 4) is 11.8 Å². The van der Waals surface area contributed by atoms with Gasteiger partial charge >= 0.3 is 5.97 Å². The van der Waals surface area contributed by atoms with Crippen molar-refractivity contribution >= 4 is 28.5 Å². The van der Waals surface area contributed by atoms with E-state index in [9.17, 15) is 9.59 Å². The predicted molar refractivity (Wildman–Crippen MR) is 116 cm³/mol. The highest BCUT2D eigenvalue weighted by Crippen LogP contribution is 2.26. The van der Waals surface area contributed by atoms with Crippen LogP contribution in [-0.4, -0.2) is 32.1 Å². The van der Waals surface area contributed by atoms with Crippen molar-refractivity contribution in [2.75, 3.05) is 25.2 Å². The van der Waals surface area contributed by atoms with Crippen LogP contribution in [0.25, 0.3) is 11.0 Å². The zero-order chi connectivity index (χ0) is 22.4. The van der Waals surface area contributed by atoms with Crippen molar-refractivity contribution in [3.05, 3.63) is 59.4 Å². The third-order valence-electron chi connectivity index (χ3n) is 4.82. The number of hydrogen-bond donors (Lipinski definition) is 0. The van der Waals surface area contributed by atoms with Crippen LogP contribution in [0.5, 0.6) is 5.75 Å². The molecule has 31 heavy (non-hydrogen) atoms. The van der Waals surface area contributed by atoms with Crippen molar-refractivity contribution < 1.29 is 23.5 Å². The monoisotopic (exact) mass is 420 g/mol. The third-order valence-corrected chi connectivity index (χ3v) is 4.82. The second kappa shape index (κ2) is 9.81.